The predicted molar refractivity (Wildman–Crippen MR) is 149 cm³/mol. The maximum Gasteiger partial charge on any atom is 0.290 e. The molecular weight excluding hydrogens is 496 g/mol. The topological polar surface area (TPSA) is 131 Å². The quantitative estimate of drug-likeness (QED) is 0.454. The number of pyridine rings is 2. The number of carbonyl (C=O) groups excluding carboxylic acids is 2. The van der Waals surface area contributed by atoms with Crippen LogP contribution in [0.1, 0.15) is 20.3 Å². The van der Waals surface area contributed by atoms with Crippen molar-refractivity contribution >= 4 is 29.3 Å². The van der Waals surface area contributed by atoms with Gasteiger partial charge in [0, 0.05) is 75.4 Å². The zero-order valence-corrected chi connectivity index (χ0v) is 22.4. The molecule has 2 N–H and O–H groups in total. The van der Waals surface area contributed by atoms with Crippen molar-refractivity contribution < 1.29 is 14.3 Å². The molecule has 204 valence electrons. The number of carbonyl (C=O) groups is 2. The third kappa shape index (κ3) is 6.31. The summed E-state index contributed by atoms with van der Waals surface area (Å²) >= 11 is 0. The molecule has 2 saturated heterocycles. The Hall–Kier alpha value is -4.12. The molecule has 3 aromatic rings. The van der Waals surface area contributed by atoms with Gasteiger partial charge in [-0.2, -0.15) is 0 Å². The highest BCUT2D eigenvalue weighted by molar-refractivity contribution is 6.36. The molecule has 0 aliphatic carbocycles. The van der Waals surface area contributed by atoms with Crippen molar-refractivity contribution in [3.8, 4) is 22.4 Å². The summed E-state index contributed by atoms with van der Waals surface area (Å²) in [5.41, 5.74) is 9.17. The molecule has 0 saturated carbocycles. The molecule has 1 amide bonds. The average molecular weight is 531 g/mol. The molecule has 5 rings (SSSR count). The molecule has 11 heteroatoms. The number of amides is 1. The van der Waals surface area contributed by atoms with E-state index < -0.39 is 0 Å². The minimum Gasteiger partial charge on any atom is -0.378 e. The number of rotatable bonds is 7. The Labute approximate surface area is 228 Å². The SMILES string of the molecule is CC(C)CC(=O)C(=O)N1CCN(c2ccc(-c3cc(-c4cnc(N)nc4)nc(N4CCOCC4)c3)cn2)CC1. The largest absolute Gasteiger partial charge is 0.378 e. The minimum atomic E-state index is -0.372. The van der Waals surface area contributed by atoms with Crippen molar-refractivity contribution in [1.82, 2.24) is 24.8 Å². The summed E-state index contributed by atoms with van der Waals surface area (Å²) in [7, 11) is 0. The lowest BCUT2D eigenvalue weighted by Crippen LogP contribution is -2.51. The zero-order valence-electron chi connectivity index (χ0n) is 22.4. The molecule has 2 fully saturated rings. The van der Waals surface area contributed by atoms with Gasteiger partial charge in [0.25, 0.3) is 5.91 Å². The number of hydrogen-bond donors (Lipinski definition) is 1. The fourth-order valence-electron chi connectivity index (χ4n) is 4.77. The Kier molecular flexibility index (Phi) is 7.97. The number of ether oxygens (including phenoxy) is 1. The second-order valence-corrected chi connectivity index (χ2v) is 10.2. The molecule has 11 nitrogen and oxygen atoms in total. The number of nitrogens with two attached hydrogens (primary N) is 1. The van der Waals surface area contributed by atoms with Crippen LogP contribution >= 0.6 is 0 Å². The lowest BCUT2D eigenvalue weighted by Gasteiger charge is -2.35. The number of piperazine rings is 1. The second kappa shape index (κ2) is 11.7. The summed E-state index contributed by atoms with van der Waals surface area (Å²) < 4.78 is 5.52. The van der Waals surface area contributed by atoms with E-state index in [1.165, 1.54) is 0 Å². The van der Waals surface area contributed by atoms with E-state index in [4.69, 9.17) is 20.4 Å². The van der Waals surface area contributed by atoms with E-state index in [0.29, 0.717) is 39.4 Å². The van der Waals surface area contributed by atoms with Crippen LogP contribution < -0.4 is 15.5 Å². The van der Waals surface area contributed by atoms with Gasteiger partial charge < -0.3 is 25.2 Å². The lowest BCUT2D eigenvalue weighted by atomic mass is 10.1. The van der Waals surface area contributed by atoms with Crippen molar-refractivity contribution in [2.24, 2.45) is 5.92 Å². The van der Waals surface area contributed by atoms with Crippen LogP contribution in [0.25, 0.3) is 22.4 Å². The van der Waals surface area contributed by atoms with Crippen LogP contribution in [0.3, 0.4) is 0 Å². The number of nitrogens with zero attached hydrogens (tertiary/aromatic N) is 7. The molecule has 0 atom stereocenters. The highest BCUT2D eigenvalue weighted by atomic mass is 16.5. The maximum absolute atomic E-state index is 12.5. The first-order valence-corrected chi connectivity index (χ1v) is 13.3. The summed E-state index contributed by atoms with van der Waals surface area (Å²) in [5, 5.41) is 0. The summed E-state index contributed by atoms with van der Waals surface area (Å²) in [6.07, 6.45) is 5.51. The number of anilines is 3. The summed E-state index contributed by atoms with van der Waals surface area (Å²) in [6.45, 7) is 9.02. The van der Waals surface area contributed by atoms with Crippen LogP contribution in [-0.2, 0) is 14.3 Å². The van der Waals surface area contributed by atoms with E-state index in [1.54, 1.807) is 17.3 Å². The molecule has 0 radical (unpaired) electrons. The van der Waals surface area contributed by atoms with Gasteiger partial charge in [-0.1, -0.05) is 13.8 Å². The Morgan fingerprint density at radius 2 is 1.51 bits per heavy atom. The fraction of sp³-hybridized carbons (Fsp3) is 0.429. The molecular formula is C28H34N8O3. The smallest absolute Gasteiger partial charge is 0.290 e. The summed E-state index contributed by atoms with van der Waals surface area (Å²) in [4.78, 5) is 48.6. The Morgan fingerprint density at radius 3 is 2.15 bits per heavy atom. The van der Waals surface area contributed by atoms with Crippen molar-refractivity contribution in [1.29, 1.82) is 0 Å². The van der Waals surface area contributed by atoms with Crippen LogP contribution in [0, 0.1) is 5.92 Å². The van der Waals surface area contributed by atoms with E-state index >= 15 is 0 Å². The standard InChI is InChI=1S/C28H34N8O3/c1-19(2)13-24(37)27(38)36-7-5-34(6-8-36)25-4-3-20(16-30-25)21-14-23(22-17-31-28(29)32-18-22)33-26(15-21)35-9-11-39-12-10-35/h3-4,14-19H,5-13H2,1-2H3,(H2,29,31,32). The van der Waals surface area contributed by atoms with Crippen LogP contribution in [0.4, 0.5) is 17.6 Å². The predicted octanol–water partition coefficient (Wildman–Crippen LogP) is 2.28. The van der Waals surface area contributed by atoms with E-state index in [9.17, 15) is 9.59 Å². The number of aromatic nitrogens is 4. The van der Waals surface area contributed by atoms with Gasteiger partial charge in [0.15, 0.2) is 0 Å². The van der Waals surface area contributed by atoms with E-state index in [2.05, 4.69) is 25.8 Å². The number of hydrogen-bond acceptors (Lipinski definition) is 10. The van der Waals surface area contributed by atoms with Crippen molar-refractivity contribution in [2.75, 3.05) is 68.0 Å². The third-order valence-electron chi connectivity index (χ3n) is 6.92. The van der Waals surface area contributed by atoms with Gasteiger partial charge in [-0.05, 0) is 35.7 Å². The van der Waals surface area contributed by atoms with Crippen LogP contribution in [0.15, 0.2) is 42.9 Å². The highest BCUT2D eigenvalue weighted by Gasteiger charge is 2.26. The van der Waals surface area contributed by atoms with Crippen LogP contribution in [-0.4, -0.2) is 89.0 Å². The number of Topliss-reactive ketones (excluding diaryl/α,β-unsaturated/α-hetero) is 1. The van der Waals surface area contributed by atoms with E-state index in [-0.39, 0.29) is 30.0 Å². The molecule has 2 aliphatic heterocycles. The van der Waals surface area contributed by atoms with Crippen molar-refractivity contribution in [2.45, 2.75) is 20.3 Å². The number of ketones is 1. The lowest BCUT2D eigenvalue weighted by molar-refractivity contribution is -0.145. The third-order valence-corrected chi connectivity index (χ3v) is 6.92. The molecule has 0 spiro atoms. The Balaban J connectivity index is 1.33. The maximum atomic E-state index is 12.5. The van der Waals surface area contributed by atoms with E-state index in [1.807, 2.05) is 38.2 Å². The van der Waals surface area contributed by atoms with Gasteiger partial charge in [-0.3, -0.25) is 9.59 Å². The van der Waals surface area contributed by atoms with Gasteiger partial charge in [0.05, 0.1) is 18.9 Å². The number of nitrogen functional groups attached to an aromatic ring is 1. The fourth-order valence-corrected chi connectivity index (χ4v) is 4.77. The molecule has 0 bridgehead atoms. The average Bonchev–Trinajstić information content (AvgIpc) is 2.97. The van der Waals surface area contributed by atoms with Gasteiger partial charge in [-0.25, -0.2) is 19.9 Å². The Bertz CT molecular complexity index is 1300. The van der Waals surface area contributed by atoms with Gasteiger partial charge >= 0.3 is 0 Å². The normalized spacial score (nSPS) is 16.0. The summed E-state index contributed by atoms with van der Waals surface area (Å²) in [6, 6.07) is 8.13. The van der Waals surface area contributed by atoms with Gasteiger partial charge in [0.1, 0.15) is 11.6 Å². The molecule has 5 heterocycles. The van der Waals surface area contributed by atoms with E-state index in [0.717, 1.165) is 47.1 Å². The number of morpholine rings is 1. The van der Waals surface area contributed by atoms with Crippen molar-refractivity contribution in [3.05, 3.63) is 42.9 Å². The van der Waals surface area contributed by atoms with Gasteiger partial charge in [0.2, 0.25) is 11.7 Å². The minimum absolute atomic E-state index is 0.173. The molecule has 2 aliphatic rings. The molecule has 39 heavy (non-hydrogen) atoms. The molecule has 3 aromatic heterocycles. The Morgan fingerprint density at radius 1 is 0.846 bits per heavy atom. The van der Waals surface area contributed by atoms with Crippen LogP contribution in [0.2, 0.25) is 0 Å². The first-order chi connectivity index (χ1) is 18.9. The van der Waals surface area contributed by atoms with Crippen LogP contribution in [0.5, 0.6) is 0 Å². The van der Waals surface area contributed by atoms with Crippen molar-refractivity contribution in [3.63, 3.8) is 0 Å². The molecule has 0 aromatic carbocycles. The van der Waals surface area contributed by atoms with Gasteiger partial charge in [-0.15, -0.1) is 0 Å². The first-order valence-electron chi connectivity index (χ1n) is 13.3. The first kappa shape index (κ1) is 26.5. The summed E-state index contributed by atoms with van der Waals surface area (Å²) in [5.74, 6) is 1.41. The molecule has 0 unspecified atom stereocenters. The zero-order chi connectivity index (χ0) is 27.4. The monoisotopic (exact) mass is 530 g/mol. The second-order valence-electron chi connectivity index (χ2n) is 10.2. The highest BCUT2D eigenvalue weighted by Crippen LogP contribution is 2.30.